The van der Waals surface area contributed by atoms with E-state index in [0.29, 0.717) is 24.6 Å². The number of para-hydroxylation sites is 1. The number of nitrogens with one attached hydrogen (secondary N) is 1. The summed E-state index contributed by atoms with van der Waals surface area (Å²) < 4.78 is 12.0. The van der Waals surface area contributed by atoms with Crippen LogP contribution < -0.4 is 25.2 Å². The number of carbonyl (C=O) groups is 1. The van der Waals surface area contributed by atoms with E-state index in [4.69, 9.17) is 9.47 Å². The number of aromatic nitrogens is 2. The Morgan fingerprint density at radius 2 is 2.14 bits per heavy atom. The molecular weight excluding hydrogens is 360 g/mol. The number of carbonyl (C=O) groups excluding carboxylic acids is 1. The summed E-state index contributed by atoms with van der Waals surface area (Å²) >= 11 is 0. The highest BCUT2D eigenvalue weighted by Crippen LogP contribution is 2.30. The molecule has 28 heavy (non-hydrogen) atoms. The van der Waals surface area contributed by atoms with E-state index in [-0.39, 0.29) is 17.4 Å². The first-order valence-electron chi connectivity index (χ1n) is 9.29. The molecule has 0 unspecified atom stereocenters. The molecule has 1 aromatic carbocycles. The fraction of sp³-hybridized carbons (Fsp3) is 0.450. The lowest BCUT2D eigenvalue weighted by Gasteiger charge is -2.33. The quantitative estimate of drug-likeness (QED) is 0.806. The van der Waals surface area contributed by atoms with Crippen molar-refractivity contribution >= 4 is 11.6 Å². The summed E-state index contributed by atoms with van der Waals surface area (Å²) in [6.45, 7) is 1.74. The summed E-state index contributed by atoms with van der Waals surface area (Å²) in [6, 6.07) is 7.16. The maximum Gasteiger partial charge on any atom is 0.268 e. The van der Waals surface area contributed by atoms with Crippen molar-refractivity contribution in [2.75, 3.05) is 32.2 Å². The zero-order valence-electron chi connectivity index (χ0n) is 16.5. The molecule has 8 nitrogen and oxygen atoms in total. The number of piperidine rings is 1. The van der Waals surface area contributed by atoms with Crippen LogP contribution in [-0.2, 0) is 18.4 Å². The van der Waals surface area contributed by atoms with E-state index >= 15 is 0 Å². The monoisotopic (exact) mass is 386 g/mol. The van der Waals surface area contributed by atoms with E-state index in [1.165, 1.54) is 4.68 Å². The minimum Gasteiger partial charge on any atom is -0.493 e. The number of methoxy groups -OCH3 is 2. The van der Waals surface area contributed by atoms with E-state index in [9.17, 15) is 9.59 Å². The van der Waals surface area contributed by atoms with Gasteiger partial charge in [-0.2, -0.15) is 5.10 Å². The summed E-state index contributed by atoms with van der Waals surface area (Å²) in [5.74, 6) is 1.11. The third-order valence-corrected chi connectivity index (χ3v) is 5.05. The molecule has 0 spiro atoms. The molecule has 8 heteroatoms. The standard InChI is InChI=1S/C20H26N4O4/c1-23-18(25)10-16(12-22-23)24-9-5-7-15(13-24)20(26)21-11-14-6-4-8-17(27-2)19(14)28-3/h4,6,8,10,12,15H,5,7,9,11,13H2,1-3H3,(H,21,26)/t15-/m1/s1. The van der Waals surface area contributed by atoms with Gasteiger partial charge in [-0.05, 0) is 18.9 Å². The van der Waals surface area contributed by atoms with Crippen molar-refractivity contribution in [3.05, 3.63) is 46.4 Å². The average molecular weight is 386 g/mol. The average Bonchev–Trinajstić information content (AvgIpc) is 2.73. The number of nitrogens with zero attached hydrogens (tertiary/aromatic N) is 3. The van der Waals surface area contributed by atoms with Crippen molar-refractivity contribution in [3.63, 3.8) is 0 Å². The summed E-state index contributed by atoms with van der Waals surface area (Å²) in [7, 11) is 4.79. The Balaban J connectivity index is 1.65. The van der Waals surface area contributed by atoms with Crippen LogP contribution >= 0.6 is 0 Å². The van der Waals surface area contributed by atoms with Gasteiger partial charge in [-0.15, -0.1) is 0 Å². The Morgan fingerprint density at radius 1 is 1.32 bits per heavy atom. The van der Waals surface area contributed by atoms with Gasteiger partial charge < -0.3 is 19.7 Å². The third kappa shape index (κ3) is 4.27. The van der Waals surface area contributed by atoms with Crippen LogP contribution in [0.15, 0.2) is 35.3 Å². The summed E-state index contributed by atoms with van der Waals surface area (Å²) in [5.41, 5.74) is 1.46. The molecular formula is C20H26N4O4. The second-order valence-corrected chi connectivity index (χ2v) is 6.83. The molecule has 2 heterocycles. The van der Waals surface area contributed by atoms with Crippen LogP contribution in [0.5, 0.6) is 11.5 Å². The van der Waals surface area contributed by atoms with Gasteiger partial charge in [0.25, 0.3) is 5.56 Å². The summed E-state index contributed by atoms with van der Waals surface area (Å²) in [4.78, 5) is 26.6. The molecule has 1 fully saturated rings. The maximum absolute atomic E-state index is 12.7. The van der Waals surface area contributed by atoms with E-state index in [0.717, 1.165) is 30.6 Å². The molecule has 0 bridgehead atoms. The minimum absolute atomic E-state index is 0.00799. The molecule has 2 aromatic rings. The Morgan fingerprint density at radius 3 is 2.86 bits per heavy atom. The highest BCUT2D eigenvalue weighted by atomic mass is 16.5. The molecule has 0 saturated carbocycles. The minimum atomic E-state index is -0.158. The van der Waals surface area contributed by atoms with Gasteiger partial charge in [0.05, 0.1) is 32.0 Å². The van der Waals surface area contributed by atoms with Crippen molar-refractivity contribution < 1.29 is 14.3 Å². The van der Waals surface area contributed by atoms with Crippen LogP contribution in [0.1, 0.15) is 18.4 Å². The molecule has 1 aliphatic rings. The van der Waals surface area contributed by atoms with Gasteiger partial charge in [0.15, 0.2) is 11.5 Å². The highest BCUT2D eigenvalue weighted by molar-refractivity contribution is 5.79. The lowest BCUT2D eigenvalue weighted by atomic mass is 9.96. The summed E-state index contributed by atoms with van der Waals surface area (Å²) in [6.07, 6.45) is 3.37. The number of benzene rings is 1. The number of hydrogen-bond donors (Lipinski definition) is 1. The number of ether oxygens (including phenoxy) is 2. The molecule has 3 rings (SSSR count). The molecule has 1 aliphatic heterocycles. The Kier molecular flexibility index (Phi) is 6.18. The summed E-state index contributed by atoms with van der Waals surface area (Å²) in [5, 5.41) is 7.08. The maximum atomic E-state index is 12.7. The van der Waals surface area contributed by atoms with E-state index in [1.54, 1.807) is 33.5 Å². The third-order valence-electron chi connectivity index (χ3n) is 5.05. The lowest BCUT2D eigenvalue weighted by Crippen LogP contribution is -2.43. The van der Waals surface area contributed by atoms with Crippen molar-refractivity contribution in [1.82, 2.24) is 15.1 Å². The number of aryl methyl sites for hydroxylation is 1. The first-order valence-corrected chi connectivity index (χ1v) is 9.29. The molecule has 1 amide bonds. The molecule has 1 saturated heterocycles. The smallest absolute Gasteiger partial charge is 0.268 e. The van der Waals surface area contributed by atoms with Crippen LogP contribution in [0.2, 0.25) is 0 Å². The van der Waals surface area contributed by atoms with Crippen LogP contribution in [0.3, 0.4) is 0 Å². The zero-order valence-corrected chi connectivity index (χ0v) is 16.5. The van der Waals surface area contributed by atoms with Gasteiger partial charge in [0.1, 0.15) is 0 Å². The predicted octanol–water partition coefficient (Wildman–Crippen LogP) is 1.33. The van der Waals surface area contributed by atoms with Crippen molar-refractivity contribution in [2.45, 2.75) is 19.4 Å². The lowest BCUT2D eigenvalue weighted by molar-refractivity contribution is -0.125. The SMILES string of the molecule is COc1cccc(CNC(=O)[C@@H]2CCCN(c3cnn(C)c(=O)c3)C2)c1OC. The second-order valence-electron chi connectivity index (χ2n) is 6.83. The topological polar surface area (TPSA) is 85.7 Å². The van der Waals surface area contributed by atoms with Gasteiger partial charge >= 0.3 is 0 Å². The second kappa shape index (κ2) is 8.77. The first-order chi connectivity index (χ1) is 13.5. The number of amides is 1. The van der Waals surface area contributed by atoms with Gasteiger partial charge in [0, 0.05) is 38.3 Å². The Labute approximate surface area is 164 Å². The van der Waals surface area contributed by atoms with E-state index < -0.39 is 0 Å². The highest BCUT2D eigenvalue weighted by Gasteiger charge is 2.26. The molecule has 1 atom stereocenters. The van der Waals surface area contributed by atoms with E-state index in [2.05, 4.69) is 10.4 Å². The molecule has 1 N–H and O–H groups in total. The van der Waals surface area contributed by atoms with Crippen molar-refractivity contribution in [1.29, 1.82) is 0 Å². The normalized spacial score (nSPS) is 16.5. The Hall–Kier alpha value is -3.03. The molecule has 1 aromatic heterocycles. The van der Waals surface area contributed by atoms with Crippen LogP contribution in [0, 0.1) is 5.92 Å². The predicted molar refractivity (Wildman–Crippen MR) is 106 cm³/mol. The van der Waals surface area contributed by atoms with Gasteiger partial charge in [0.2, 0.25) is 5.91 Å². The van der Waals surface area contributed by atoms with Gasteiger partial charge in [-0.25, -0.2) is 4.68 Å². The largest absolute Gasteiger partial charge is 0.493 e. The number of rotatable bonds is 6. The number of hydrogen-bond acceptors (Lipinski definition) is 6. The fourth-order valence-electron chi connectivity index (χ4n) is 3.48. The Bertz CT molecular complexity index is 896. The van der Waals surface area contributed by atoms with E-state index in [1.807, 2.05) is 23.1 Å². The zero-order chi connectivity index (χ0) is 20.1. The van der Waals surface area contributed by atoms with Crippen LogP contribution in [0.4, 0.5) is 5.69 Å². The van der Waals surface area contributed by atoms with Crippen LogP contribution in [0.25, 0.3) is 0 Å². The molecule has 0 aliphatic carbocycles. The van der Waals surface area contributed by atoms with Crippen molar-refractivity contribution in [3.8, 4) is 11.5 Å². The first kappa shape index (κ1) is 19.7. The fourth-order valence-corrected chi connectivity index (χ4v) is 3.48. The van der Waals surface area contributed by atoms with Gasteiger partial charge in [-0.3, -0.25) is 9.59 Å². The van der Waals surface area contributed by atoms with Gasteiger partial charge in [-0.1, -0.05) is 12.1 Å². The molecule has 150 valence electrons. The van der Waals surface area contributed by atoms with Crippen molar-refractivity contribution in [2.24, 2.45) is 13.0 Å². The molecule has 0 radical (unpaired) electrons. The number of anilines is 1. The van der Waals surface area contributed by atoms with Crippen LogP contribution in [-0.4, -0.2) is 43.0 Å².